The molecule has 0 aliphatic rings. The van der Waals surface area contributed by atoms with E-state index in [1.54, 1.807) is 24.3 Å². The zero-order valence-corrected chi connectivity index (χ0v) is 16.5. The Morgan fingerprint density at radius 3 is 1.79 bits per heavy atom. The molecule has 2 rings (SSSR count). The molecule has 0 bridgehead atoms. The first-order chi connectivity index (χ1) is 13.2. The van der Waals surface area contributed by atoms with Crippen LogP contribution in [0.1, 0.15) is 44.7 Å². The Balaban J connectivity index is 0.00000190. The smallest absolute Gasteiger partial charge is 0.300 e. The molecule has 0 amide bonds. The standard InChI is InChI=1S/C17H16F4O4S.C2H6/c1-2-3-4-10-5-7-11(8-6-10)9-25-16-12(18)14(20)17(26(22,23)24)15(21)13(16)19;1-2/h5-8H,2-4,9H2,1H3,(H,22,23,24);1-2H3. The molecular weight excluding hydrogens is 400 g/mol. The number of halogens is 4. The maximum Gasteiger partial charge on any atom is 0.300 e. The minimum atomic E-state index is -5.49. The average Bonchev–Trinajstić information content (AvgIpc) is 2.66. The summed E-state index contributed by atoms with van der Waals surface area (Å²) in [4.78, 5) is -2.10. The van der Waals surface area contributed by atoms with Gasteiger partial charge in [0.15, 0.2) is 22.3 Å². The maximum atomic E-state index is 13.9. The van der Waals surface area contributed by atoms with Gasteiger partial charge in [-0.05, 0) is 24.0 Å². The van der Waals surface area contributed by atoms with Gasteiger partial charge < -0.3 is 4.74 Å². The van der Waals surface area contributed by atoms with Crippen LogP contribution in [0.4, 0.5) is 17.6 Å². The number of aryl methyl sites for hydroxylation is 1. The van der Waals surface area contributed by atoms with Crippen LogP contribution in [0.25, 0.3) is 0 Å². The van der Waals surface area contributed by atoms with Gasteiger partial charge in [0.05, 0.1) is 0 Å². The molecule has 0 atom stereocenters. The largest absolute Gasteiger partial charge is 0.483 e. The van der Waals surface area contributed by atoms with E-state index in [1.165, 1.54) is 0 Å². The fraction of sp³-hybridized carbons (Fsp3) is 0.368. The summed E-state index contributed by atoms with van der Waals surface area (Å²) in [5.74, 6) is -10.00. The van der Waals surface area contributed by atoms with Gasteiger partial charge in [-0.3, -0.25) is 4.55 Å². The second-order valence-corrected chi connectivity index (χ2v) is 6.96. The van der Waals surface area contributed by atoms with E-state index in [9.17, 15) is 26.0 Å². The van der Waals surface area contributed by atoms with Gasteiger partial charge in [0.1, 0.15) is 6.61 Å². The number of hydrogen-bond donors (Lipinski definition) is 1. The van der Waals surface area contributed by atoms with Gasteiger partial charge in [-0.25, -0.2) is 8.78 Å². The van der Waals surface area contributed by atoms with Crippen LogP contribution in [0.3, 0.4) is 0 Å². The molecule has 0 aliphatic carbocycles. The second kappa shape index (κ2) is 10.4. The van der Waals surface area contributed by atoms with Gasteiger partial charge >= 0.3 is 10.1 Å². The number of ether oxygens (including phenoxy) is 1. The molecule has 0 fully saturated rings. The maximum absolute atomic E-state index is 13.9. The van der Waals surface area contributed by atoms with Gasteiger partial charge in [-0.15, -0.1) is 0 Å². The van der Waals surface area contributed by atoms with Crippen molar-refractivity contribution in [3.63, 3.8) is 0 Å². The highest BCUT2D eigenvalue weighted by atomic mass is 32.2. The lowest BCUT2D eigenvalue weighted by Gasteiger charge is -2.12. The Bertz CT molecular complexity index is 868. The van der Waals surface area contributed by atoms with Crippen molar-refractivity contribution < 1.29 is 35.3 Å². The van der Waals surface area contributed by atoms with Gasteiger partial charge in [0.2, 0.25) is 11.6 Å². The van der Waals surface area contributed by atoms with Crippen LogP contribution >= 0.6 is 0 Å². The highest BCUT2D eigenvalue weighted by Crippen LogP contribution is 2.32. The summed E-state index contributed by atoms with van der Waals surface area (Å²) < 4.78 is 90.4. The van der Waals surface area contributed by atoms with Gasteiger partial charge in [-0.2, -0.15) is 17.2 Å². The van der Waals surface area contributed by atoms with Crippen molar-refractivity contribution in [1.82, 2.24) is 0 Å². The van der Waals surface area contributed by atoms with Crippen molar-refractivity contribution in [1.29, 1.82) is 0 Å². The van der Waals surface area contributed by atoms with E-state index in [0.717, 1.165) is 24.8 Å². The molecule has 2 aromatic carbocycles. The third kappa shape index (κ3) is 5.68. The Labute approximate surface area is 161 Å². The quantitative estimate of drug-likeness (QED) is 0.367. The third-order valence-electron chi connectivity index (χ3n) is 3.67. The molecule has 1 N–H and O–H groups in total. The van der Waals surface area contributed by atoms with Gasteiger partial charge in [0.25, 0.3) is 0 Å². The third-order valence-corrected chi connectivity index (χ3v) is 4.54. The molecule has 0 aliphatic heterocycles. The molecule has 28 heavy (non-hydrogen) atoms. The SMILES string of the molecule is CC.CCCCc1ccc(COc2c(F)c(F)c(S(=O)(=O)O)c(F)c2F)cc1. The normalized spacial score (nSPS) is 11.0. The Hall–Kier alpha value is -2.13. The van der Waals surface area contributed by atoms with E-state index in [4.69, 9.17) is 9.29 Å². The molecular formula is C19H22F4O4S. The van der Waals surface area contributed by atoms with E-state index in [0.29, 0.717) is 5.56 Å². The topological polar surface area (TPSA) is 63.6 Å². The molecule has 156 valence electrons. The first-order valence-corrected chi connectivity index (χ1v) is 10.1. The molecule has 4 nitrogen and oxygen atoms in total. The fourth-order valence-corrected chi connectivity index (χ4v) is 2.92. The van der Waals surface area contributed by atoms with Crippen molar-refractivity contribution in [2.75, 3.05) is 0 Å². The van der Waals surface area contributed by atoms with Crippen molar-refractivity contribution >= 4 is 10.1 Å². The van der Waals surface area contributed by atoms with E-state index in [1.807, 2.05) is 13.8 Å². The first-order valence-electron chi connectivity index (χ1n) is 8.70. The predicted octanol–water partition coefficient (Wildman–Crippen LogP) is 5.44. The number of unbranched alkanes of at least 4 members (excludes halogenated alkanes) is 1. The van der Waals surface area contributed by atoms with Gasteiger partial charge in [-0.1, -0.05) is 51.5 Å². The average molecular weight is 422 g/mol. The van der Waals surface area contributed by atoms with Crippen LogP contribution in [-0.4, -0.2) is 13.0 Å². The Morgan fingerprint density at radius 1 is 0.893 bits per heavy atom. The van der Waals surface area contributed by atoms with Crippen LogP contribution in [0, 0.1) is 23.3 Å². The van der Waals surface area contributed by atoms with Crippen molar-refractivity contribution in [2.45, 2.75) is 51.5 Å². The van der Waals surface area contributed by atoms with E-state index < -0.39 is 50.6 Å². The zero-order valence-electron chi connectivity index (χ0n) is 15.7. The lowest BCUT2D eigenvalue weighted by Crippen LogP contribution is -2.12. The Kier molecular flexibility index (Phi) is 8.90. The summed E-state index contributed by atoms with van der Waals surface area (Å²) in [5.41, 5.74) is 1.55. The van der Waals surface area contributed by atoms with Crippen LogP contribution < -0.4 is 4.74 Å². The molecule has 2 aromatic rings. The number of benzene rings is 2. The van der Waals surface area contributed by atoms with Crippen LogP contribution in [0.15, 0.2) is 29.2 Å². The number of hydrogen-bond acceptors (Lipinski definition) is 3. The Morgan fingerprint density at radius 2 is 1.36 bits per heavy atom. The summed E-state index contributed by atoms with van der Waals surface area (Å²) in [7, 11) is -5.49. The molecule has 0 aromatic heterocycles. The van der Waals surface area contributed by atoms with Crippen LogP contribution in [-0.2, 0) is 23.1 Å². The highest BCUT2D eigenvalue weighted by molar-refractivity contribution is 7.85. The second-order valence-electron chi connectivity index (χ2n) is 5.60. The zero-order chi connectivity index (χ0) is 21.5. The molecule has 0 heterocycles. The summed E-state index contributed by atoms with van der Waals surface area (Å²) in [6.07, 6.45) is 2.90. The predicted molar refractivity (Wildman–Crippen MR) is 96.8 cm³/mol. The monoisotopic (exact) mass is 422 g/mol. The highest BCUT2D eigenvalue weighted by Gasteiger charge is 2.33. The molecule has 0 radical (unpaired) electrons. The molecule has 0 spiro atoms. The minimum absolute atomic E-state index is 0.397. The lowest BCUT2D eigenvalue weighted by atomic mass is 10.1. The molecule has 0 unspecified atom stereocenters. The van der Waals surface area contributed by atoms with Crippen LogP contribution in [0.5, 0.6) is 5.75 Å². The summed E-state index contributed by atoms with van der Waals surface area (Å²) in [5, 5.41) is 0. The van der Waals surface area contributed by atoms with Crippen molar-refractivity contribution in [2.24, 2.45) is 0 Å². The summed E-state index contributed by atoms with van der Waals surface area (Å²) in [6, 6.07) is 6.87. The van der Waals surface area contributed by atoms with E-state index in [-0.39, 0.29) is 0 Å². The van der Waals surface area contributed by atoms with Gasteiger partial charge in [0, 0.05) is 0 Å². The molecule has 9 heteroatoms. The minimum Gasteiger partial charge on any atom is -0.483 e. The van der Waals surface area contributed by atoms with Crippen molar-refractivity contribution in [3.05, 3.63) is 58.7 Å². The van der Waals surface area contributed by atoms with Crippen molar-refractivity contribution in [3.8, 4) is 5.75 Å². The lowest BCUT2D eigenvalue weighted by molar-refractivity contribution is 0.257. The summed E-state index contributed by atoms with van der Waals surface area (Å²) >= 11 is 0. The molecule has 0 saturated heterocycles. The number of rotatable bonds is 7. The van der Waals surface area contributed by atoms with E-state index in [2.05, 4.69) is 6.92 Å². The fourth-order valence-electron chi connectivity index (χ4n) is 2.28. The van der Waals surface area contributed by atoms with E-state index >= 15 is 0 Å². The summed E-state index contributed by atoms with van der Waals surface area (Å²) in [6.45, 7) is 5.66. The van der Waals surface area contributed by atoms with Crippen LogP contribution in [0.2, 0.25) is 0 Å². The first kappa shape index (κ1) is 23.9. The molecule has 0 saturated carbocycles.